The van der Waals surface area contributed by atoms with E-state index in [2.05, 4.69) is 17.0 Å². The van der Waals surface area contributed by atoms with Crippen molar-refractivity contribution in [1.82, 2.24) is 5.32 Å². The number of carbonyl (C=O) groups is 2. The van der Waals surface area contributed by atoms with Crippen LogP contribution in [0.25, 0.3) is 0 Å². The minimum absolute atomic E-state index is 0.171. The molecule has 1 aliphatic heterocycles. The molecule has 0 saturated carbocycles. The Hall–Kier alpha value is -4.48. The van der Waals surface area contributed by atoms with Gasteiger partial charge in [0.25, 0.3) is 15.3 Å². The van der Waals surface area contributed by atoms with E-state index in [1.807, 2.05) is 19.1 Å². The number of anilines is 1. The first kappa shape index (κ1) is 32.9. The molecule has 0 bridgehead atoms. The number of nitrogens with one attached hydrogen (secondary N) is 2. The Balaban J connectivity index is 1.16. The lowest BCUT2D eigenvalue weighted by Crippen LogP contribution is -2.31. The summed E-state index contributed by atoms with van der Waals surface area (Å²) < 4.78 is 45.8. The second-order valence-electron chi connectivity index (χ2n) is 11.0. The first-order valence-corrected chi connectivity index (χ1v) is 17.3. The number of sulfonamides is 1. The molecule has 4 aromatic rings. The number of carbonyl (C=O) groups excluding carboxylic acids is 2. The van der Waals surface area contributed by atoms with Gasteiger partial charge in [-0.3, -0.25) is 19.6 Å². The van der Waals surface area contributed by atoms with Crippen LogP contribution in [0.5, 0.6) is 23.0 Å². The van der Waals surface area contributed by atoms with E-state index in [9.17, 15) is 18.0 Å². The molecule has 5 rings (SSSR count). The number of hydrogen-bond donors (Lipinski definition) is 2. The molecule has 1 atom stereocenters. The molecule has 1 aliphatic rings. The van der Waals surface area contributed by atoms with Crippen molar-refractivity contribution >= 4 is 38.6 Å². The van der Waals surface area contributed by atoms with Gasteiger partial charge in [-0.05, 0) is 97.8 Å². The van der Waals surface area contributed by atoms with Crippen molar-refractivity contribution < 1.29 is 32.2 Å². The number of benzene rings is 4. The maximum atomic E-state index is 13.0. The quantitative estimate of drug-likeness (QED) is 0.133. The molecule has 0 spiro atoms. The molecular weight excluding hydrogens is 625 g/mol. The van der Waals surface area contributed by atoms with Gasteiger partial charge in [0.15, 0.2) is 5.75 Å². The predicted octanol–water partition coefficient (Wildman–Crippen LogP) is 7.59. The van der Waals surface area contributed by atoms with Crippen molar-refractivity contribution in [3.05, 3.63) is 108 Å². The van der Waals surface area contributed by atoms with Crippen molar-refractivity contribution in [2.45, 2.75) is 49.7 Å². The zero-order chi connectivity index (χ0) is 32.7. The van der Waals surface area contributed by atoms with Crippen molar-refractivity contribution in [1.29, 1.82) is 0 Å². The van der Waals surface area contributed by atoms with E-state index in [1.165, 1.54) is 0 Å². The molecule has 2 amide bonds. The van der Waals surface area contributed by atoms with Crippen molar-refractivity contribution in [2.24, 2.45) is 0 Å². The highest BCUT2D eigenvalue weighted by Crippen LogP contribution is 2.41. The highest BCUT2D eigenvalue weighted by atomic mass is 32.2. The van der Waals surface area contributed by atoms with E-state index in [4.69, 9.17) is 14.2 Å². The van der Waals surface area contributed by atoms with Crippen LogP contribution in [-0.4, -0.2) is 32.8 Å². The molecule has 0 aliphatic carbocycles. The van der Waals surface area contributed by atoms with E-state index >= 15 is 0 Å². The highest BCUT2D eigenvalue weighted by molar-refractivity contribution is 8.15. The maximum Gasteiger partial charge on any atom is 0.287 e. The van der Waals surface area contributed by atoms with Crippen molar-refractivity contribution in [3.63, 3.8) is 0 Å². The molecule has 0 radical (unpaired) electrons. The van der Waals surface area contributed by atoms with Gasteiger partial charge in [0.05, 0.1) is 23.8 Å². The summed E-state index contributed by atoms with van der Waals surface area (Å²) in [7, 11) is -3.80. The maximum absolute atomic E-state index is 13.0. The number of aryl methyl sites for hydroxylation is 2. The first-order valence-electron chi connectivity index (χ1n) is 15.0. The summed E-state index contributed by atoms with van der Waals surface area (Å²) in [5.41, 5.74) is 3.02. The van der Waals surface area contributed by atoms with Crippen molar-refractivity contribution in [2.75, 3.05) is 17.9 Å². The van der Waals surface area contributed by atoms with Crippen LogP contribution in [0.2, 0.25) is 0 Å². The number of amides is 2. The number of imide groups is 1. The standard InChI is InChI=1S/C35H36N2O7S2/c1-4-8-25-23-28(44-32-10-6-5-9-30(32)37-46(40,41)29-18-11-24(2)12-19-29)17-20-31(25)43-22-7-21-42-27-15-13-26(14-16-27)35(3)33(38)36-34(39)45-35/h5-6,9-20,23,37H,4,7-8,21-22H2,1-3H3,(H,36,38,39). The monoisotopic (exact) mass is 660 g/mol. The second-order valence-corrected chi connectivity index (χ2v) is 14.1. The first-order chi connectivity index (χ1) is 22.1. The molecule has 2 N–H and O–H groups in total. The number of hydrogen-bond acceptors (Lipinski definition) is 8. The fourth-order valence-electron chi connectivity index (χ4n) is 4.87. The summed E-state index contributed by atoms with van der Waals surface area (Å²) in [6.45, 7) is 6.59. The van der Waals surface area contributed by atoms with E-state index in [-0.39, 0.29) is 16.0 Å². The lowest BCUT2D eigenvalue weighted by molar-refractivity contribution is -0.121. The molecule has 1 fully saturated rings. The third-order valence-electron chi connectivity index (χ3n) is 7.41. The summed E-state index contributed by atoms with van der Waals surface area (Å²) >= 11 is 0.975. The van der Waals surface area contributed by atoms with Gasteiger partial charge in [0, 0.05) is 6.42 Å². The third-order valence-corrected chi connectivity index (χ3v) is 9.91. The summed E-state index contributed by atoms with van der Waals surface area (Å²) in [4.78, 5) is 24.0. The molecule has 0 aromatic heterocycles. The molecular formula is C35H36N2O7S2. The van der Waals surface area contributed by atoms with Crippen LogP contribution < -0.4 is 24.2 Å². The Morgan fingerprint density at radius 2 is 1.54 bits per heavy atom. The van der Waals surface area contributed by atoms with Gasteiger partial charge in [-0.2, -0.15) is 0 Å². The fraction of sp³-hybridized carbons (Fsp3) is 0.257. The van der Waals surface area contributed by atoms with Gasteiger partial charge >= 0.3 is 0 Å². The number of thioether (sulfide) groups is 1. The lowest BCUT2D eigenvalue weighted by atomic mass is 9.99. The van der Waals surface area contributed by atoms with Gasteiger partial charge < -0.3 is 14.2 Å². The molecule has 1 unspecified atom stereocenters. The van der Waals surface area contributed by atoms with Gasteiger partial charge in [0.2, 0.25) is 5.91 Å². The Morgan fingerprint density at radius 3 is 2.24 bits per heavy atom. The number of rotatable bonds is 14. The van der Waals surface area contributed by atoms with Crippen LogP contribution in [-0.2, 0) is 26.0 Å². The van der Waals surface area contributed by atoms with E-state index in [0.29, 0.717) is 42.6 Å². The molecule has 11 heteroatoms. The Morgan fingerprint density at radius 1 is 0.848 bits per heavy atom. The second kappa shape index (κ2) is 14.3. The Bertz CT molecular complexity index is 1810. The predicted molar refractivity (Wildman–Crippen MR) is 179 cm³/mol. The number of para-hydroxylation sites is 2. The van der Waals surface area contributed by atoms with Crippen LogP contribution in [0.3, 0.4) is 0 Å². The van der Waals surface area contributed by atoms with Crippen molar-refractivity contribution in [3.8, 4) is 23.0 Å². The van der Waals surface area contributed by atoms with Gasteiger partial charge in [-0.25, -0.2) is 8.42 Å². The largest absolute Gasteiger partial charge is 0.493 e. The molecule has 240 valence electrons. The number of ether oxygens (including phenoxy) is 3. The summed E-state index contributed by atoms with van der Waals surface area (Å²) in [6.07, 6.45) is 2.32. The van der Waals surface area contributed by atoms with Crippen LogP contribution in [0, 0.1) is 6.92 Å². The molecule has 4 aromatic carbocycles. The summed E-state index contributed by atoms with van der Waals surface area (Å²) in [5.74, 6) is 2.05. The van der Waals surface area contributed by atoms with Gasteiger partial charge in [-0.1, -0.05) is 55.3 Å². The normalized spacial score (nSPS) is 16.2. The molecule has 46 heavy (non-hydrogen) atoms. The van der Waals surface area contributed by atoms with Gasteiger partial charge in [0.1, 0.15) is 22.0 Å². The zero-order valence-electron chi connectivity index (χ0n) is 25.9. The van der Waals surface area contributed by atoms with Crippen LogP contribution in [0.15, 0.2) is 95.9 Å². The van der Waals surface area contributed by atoms with Crippen LogP contribution in [0.1, 0.15) is 43.4 Å². The van der Waals surface area contributed by atoms with Crippen LogP contribution >= 0.6 is 11.8 Å². The van der Waals surface area contributed by atoms with Gasteiger partial charge in [-0.15, -0.1) is 0 Å². The molecule has 1 saturated heterocycles. The van der Waals surface area contributed by atoms with E-state index in [1.54, 1.807) is 85.8 Å². The summed E-state index contributed by atoms with van der Waals surface area (Å²) in [5, 5.41) is 1.99. The zero-order valence-corrected chi connectivity index (χ0v) is 27.5. The summed E-state index contributed by atoms with van der Waals surface area (Å²) in [6, 6.07) is 26.3. The smallest absolute Gasteiger partial charge is 0.287 e. The average molecular weight is 661 g/mol. The fourth-order valence-corrected chi connectivity index (χ4v) is 6.85. The highest BCUT2D eigenvalue weighted by Gasteiger charge is 2.45. The van der Waals surface area contributed by atoms with Crippen LogP contribution in [0.4, 0.5) is 10.5 Å². The van der Waals surface area contributed by atoms with E-state index < -0.39 is 14.8 Å². The minimum Gasteiger partial charge on any atom is -0.493 e. The molecule has 1 heterocycles. The average Bonchev–Trinajstić information content (AvgIpc) is 3.30. The van der Waals surface area contributed by atoms with E-state index in [0.717, 1.165) is 47.0 Å². The minimum atomic E-state index is -3.80. The topological polar surface area (TPSA) is 120 Å². The lowest BCUT2D eigenvalue weighted by Gasteiger charge is -2.19. The molecule has 9 nitrogen and oxygen atoms in total. The Kier molecular flexibility index (Phi) is 10.2. The Labute approximate surface area is 273 Å². The third kappa shape index (κ3) is 7.83. The SMILES string of the molecule is CCCc1cc(Oc2ccccc2NS(=O)(=O)c2ccc(C)cc2)ccc1OCCCOc1ccc(C2(C)SC(=O)NC2=O)cc1.